The van der Waals surface area contributed by atoms with E-state index in [1.807, 2.05) is 25.9 Å². The number of rotatable bonds is 8. The Hall–Kier alpha value is -1.66. The Balaban J connectivity index is 2.57. The molecular formula is C16H26FN3O2. The molecule has 0 radical (unpaired) electrons. The molecule has 2 amide bonds. The van der Waals surface area contributed by atoms with Crippen molar-refractivity contribution in [2.24, 2.45) is 0 Å². The fourth-order valence-corrected chi connectivity index (χ4v) is 2.24. The quantitative estimate of drug-likeness (QED) is 0.687. The summed E-state index contributed by atoms with van der Waals surface area (Å²) in [4.78, 5) is 13.9. The average Bonchev–Trinajstić information content (AvgIpc) is 2.48. The zero-order valence-corrected chi connectivity index (χ0v) is 13.5. The molecule has 0 heterocycles. The summed E-state index contributed by atoms with van der Waals surface area (Å²) in [5, 5.41) is 14.6. The molecule has 5 nitrogen and oxygen atoms in total. The van der Waals surface area contributed by atoms with Crippen molar-refractivity contribution in [3.8, 4) is 0 Å². The summed E-state index contributed by atoms with van der Waals surface area (Å²) in [6.07, 6.45) is 1.31. The minimum Gasteiger partial charge on any atom is -0.396 e. The first-order valence-corrected chi connectivity index (χ1v) is 7.55. The van der Waals surface area contributed by atoms with Crippen LogP contribution in [-0.4, -0.2) is 49.3 Å². The summed E-state index contributed by atoms with van der Waals surface area (Å²) in [5.41, 5.74) is 0.939. The fraction of sp³-hybridized carbons (Fsp3) is 0.562. The summed E-state index contributed by atoms with van der Waals surface area (Å²) >= 11 is 0. The van der Waals surface area contributed by atoms with Gasteiger partial charge in [-0.05, 0) is 44.6 Å². The van der Waals surface area contributed by atoms with E-state index < -0.39 is 0 Å². The van der Waals surface area contributed by atoms with Crippen molar-refractivity contribution in [2.75, 3.05) is 27.2 Å². The maximum atomic E-state index is 13.0. The van der Waals surface area contributed by atoms with Crippen molar-refractivity contribution in [1.29, 1.82) is 0 Å². The Morgan fingerprint density at radius 3 is 2.45 bits per heavy atom. The third kappa shape index (κ3) is 5.99. The normalized spacial score (nSPS) is 13.7. The highest BCUT2D eigenvalue weighted by atomic mass is 19.1. The number of carbonyl (C=O) groups excluding carboxylic acids is 1. The van der Waals surface area contributed by atoms with Crippen LogP contribution in [0.5, 0.6) is 0 Å². The van der Waals surface area contributed by atoms with E-state index in [0.717, 1.165) is 12.0 Å². The van der Waals surface area contributed by atoms with Crippen LogP contribution < -0.4 is 10.6 Å². The van der Waals surface area contributed by atoms with Crippen molar-refractivity contribution in [3.05, 3.63) is 35.6 Å². The Kier molecular flexibility index (Phi) is 7.84. The summed E-state index contributed by atoms with van der Waals surface area (Å²) in [6, 6.07) is 5.95. The van der Waals surface area contributed by atoms with Crippen LogP contribution in [0.1, 0.15) is 31.4 Å². The van der Waals surface area contributed by atoms with Gasteiger partial charge < -0.3 is 20.6 Å². The molecule has 0 aromatic heterocycles. The minimum absolute atomic E-state index is 0.0337. The van der Waals surface area contributed by atoms with Gasteiger partial charge in [-0.15, -0.1) is 0 Å². The number of benzene rings is 1. The van der Waals surface area contributed by atoms with Crippen molar-refractivity contribution in [3.63, 3.8) is 0 Å². The molecule has 0 spiro atoms. The first-order valence-electron chi connectivity index (χ1n) is 7.55. The molecule has 0 aliphatic carbocycles. The van der Waals surface area contributed by atoms with E-state index in [1.165, 1.54) is 12.1 Å². The van der Waals surface area contributed by atoms with E-state index in [9.17, 15) is 9.18 Å². The number of urea groups is 1. The van der Waals surface area contributed by atoms with E-state index in [1.54, 1.807) is 12.1 Å². The lowest BCUT2D eigenvalue weighted by Gasteiger charge is -2.26. The van der Waals surface area contributed by atoms with Crippen molar-refractivity contribution >= 4 is 6.03 Å². The molecule has 1 aromatic rings. The highest BCUT2D eigenvalue weighted by molar-refractivity contribution is 5.74. The topological polar surface area (TPSA) is 64.6 Å². The molecule has 3 N–H and O–H groups in total. The third-order valence-corrected chi connectivity index (χ3v) is 3.64. The second-order valence-electron chi connectivity index (χ2n) is 5.50. The largest absolute Gasteiger partial charge is 0.396 e. The highest BCUT2D eigenvalue weighted by Crippen LogP contribution is 2.17. The average molecular weight is 311 g/mol. The number of halogens is 1. The van der Waals surface area contributed by atoms with Gasteiger partial charge in [0.25, 0.3) is 0 Å². The van der Waals surface area contributed by atoms with Gasteiger partial charge in [0.15, 0.2) is 0 Å². The minimum atomic E-state index is -0.276. The van der Waals surface area contributed by atoms with Gasteiger partial charge in [0.1, 0.15) is 5.82 Å². The molecule has 2 atom stereocenters. The number of aliphatic hydroxyl groups excluding tert-OH is 1. The van der Waals surface area contributed by atoms with E-state index in [-0.39, 0.29) is 30.5 Å². The van der Waals surface area contributed by atoms with Crippen LogP contribution in [0.25, 0.3) is 0 Å². The van der Waals surface area contributed by atoms with Crippen LogP contribution in [0.4, 0.5) is 9.18 Å². The molecule has 0 saturated carbocycles. The van der Waals surface area contributed by atoms with Crippen molar-refractivity contribution in [1.82, 2.24) is 15.5 Å². The van der Waals surface area contributed by atoms with Gasteiger partial charge >= 0.3 is 6.03 Å². The molecule has 0 aliphatic heterocycles. The van der Waals surface area contributed by atoms with E-state index in [0.29, 0.717) is 13.0 Å². The number of hydrogen-bond acceptors (Lipinski definition) is 3. The van der Waals surface area contributed by atoms with E-state index >= 15 is 0 Å². The first kappa shape index (κ1) is 18.4. The lowest BCUT2D eigenvalue weighted by atomic mass is 10.1. The Labute approximate surface area is 131 Å². The van der Waals surface area contributed by atoms with Gasteiger partial charge in [0, 0.05) is 19.2 Å². The summed E-state index contributed by atoms with van der Waals surface area (Å²) < 4.78 is 13.0. The highest BCUT2D eigenvalue weighted by Gasteiger charge is 2.16. The predicted molar refractivity (Wildman–Crippen MR) is 85.1 cm³/mol. The van der Waals surface area contributed by atoms with Gasteiger partial charge in [-0.1, -0.05) is 19.1 Å². The number of aliphatic hydroxyl groups is 1. The summed E-state index contributed by atoms with van der Waals surface area (Å²) in [6.45, 7) is 2.43. The molecule has 1 aromatic carbocycles. The second kappa shape index (κ2) is 9.38. The molecule has 1 rings (SSSR count). The van der Waals surface area contributed by atoms with E-state index in [4.69, 9.17) is 5.11 Å². The number of nitrogens with one attached hydrogen (secondary N) is 2. The van der Waals surface area contributed by atoms with Gasteiger partial charge in [-0.25, -0.2) is 9.18 Å². The van der Waals surface area contributed by atoms with Gasteiger partial charge in [0.05, 0.1) is 6.04 Å². The molecule has 0 aliphatic rings. The zero-order valence-electron chi connectivity index (χ0n) is 13.5. The Morgan fingerprint density at radius 2 is 1.95 bits per heavy atom. The maximum Gasteiger partial charge on any atom is 0.315 e. The van der Waals surface area contributed by atoms with Crippen LogP contribution in [0.15, 0.2) is 24.3 Å². The van der Waals surface area contributed by atoms with Crippen LogP contribution in [0.2, 0.25) is 0 Å². The van der Waals surface area contributed by atoms with Crippen molar-refractivity contribution < 1.29 is 14.3 Å². The fourth-order valence-electron chi connectivity index (χ4n) is 2.24. The zero-order chi connectivity index (χ0) is 16.5. The lowest BCUT2D eigenvalue weighted by molar-refractivity contribution is 0.222. The third-order valence-electron chi connectivity index (χ3n) is 3.64. The lowest BCUT2D eigenvalue weighted by Crippen LogP contribution is -2.44. The van der Waals surface area contributed by atoms with Crippen LogP contribution >= 0.6 is 0 Å². The smallest absolute Gasteiger partial charge is 0.315 e. The van der Waals surface area contributed by atoms with E-state index in [2.05, 4.69) is 10.6 Å². The molecule has 22 heavy (non-hydrogen) atoms. The van der Waals surface area contributed by atoms with Crippen LogP contribution in [0.3, 0.4) is 0 Å². The molecule has 6 heteroatoms. The molecular weight excluding hydrogens is 285 g/mol. The summed E-state index contributed by atoms with van der Waals surface area (Å²) in [7, 11) is 3.82. The summed E-state index contributed by atoms with van der Waals surface area (Å²) in [5.74, 6) is -0.276. The Bertz CT molecular complexity index is 451. The molecule has 0 saturated heterocycles. The van der Waals surface area contributed by atoms with Gasteiger partial charge in [-0.3, -0.25) is 0 Å². The number of likely N-dealkylation sites (N-methyl/N-ethyl adjacent to an activating group) is 1. The predicted octanol–water partition coefficient (Wildman–Crippen LogP) is 1.89. The molecule has 2 unspecified atom stereocenters. The Morgan fingerprint density at radius 1 is 1.32 bits per heavy atom. The maximum absolute atomic E-state index is 13.0. The van der Waals surface area contributed by atoms with Gasteiger partial charge in [-0.2, -0.15) is 0 Å². The first-order chi connectivity index (χ1) is 10.5. The SMILES string of the molecule is CCC(CCO)NC(=O)NCC(c1ccc(F)cc1)N(C)C. The van der Waals surface area contributed by atoms with Crippen molar-refractivity contribution in [2.45, 2.75) is 31.8 Å². The molecule has 0 fully saturated rings. The van der Waals surface area contributed by atoms with Crippen LogP contribution in [-0.2, 0) is 0 Å². The second-order valence-corrected chi connectivity index (χ2v) is 5.50. The standard InChI is InChI=1S/C16H26FN3O2/c1-4-14(9-10-21)19-16(22)18-11-15(20(2)3)12-5-7-13(17)8-6-12/h5-8,14-15,21H,4,9-11H2,1-3H3,(H2,18,19,22). The molecule has 0 bridgehead atoms. The number of nitrogens with zero attached hydrogens (tertiary/aromatic N) is 1. The van der Waals surface area contributed by atoms with Gasteiger partial charge in [0.2, 0.25) is 0 Å². The number of carbonyl (C=O) groups is 1. The number of hydrogen-bond donors (Lipinski definition) is 3. The molecule has 124 valence electrons. The number of amides is 2. The monoisotopic (exact) mass is 311 g/mol. The van der Waals surface area contributed by atoms with Crippen LogP contribution in [0, 0.1) is 5.82 Å².